The summed E-state index contributed by atoms with van der Waals surface area (Å²) in [4.78, 5) is 13.9. The molecular weight excluding hydrogens is 264 g/mol. The van der Waals surface area contributed by atoms with E-state index in [9.17, 15) is 13.2 Å². The quantitative estimate of drug-likeness (QED) is 0.814. The minimum Gasteiger partial charge on any atom is -0.345 e. The Balaban J connectivity index is 1.79. The van der Waals surface area contributed by atoms with Crippen molar-refractivity contribution in [3.8, 4) is 0 Å². The topological polar surface area (TPSA) is 66.5 Å². The van der Waals surface area contributed by atoms with Gasteiger partial charge < -0.3 is 10.2 Å². The molecule has 1 atom stereocenters. The molecule has 2 aliphatic rings. The van der Waals surface area contributed by atoms with Gasteiger partial charge in [0.1, 0.15) is 0 Å². The molecule has 1 saturated heterocycles. The molecule has 1 N–H and O–H groups in total. The van der Waals surface area contributed by atoms with Crippen molar-refractivity contribution in [3.05, 3.63) is 0 Å². The molecular formula is C13H24N2O3S. The Morgan fingerprint density at radius 2 is 2.00 bits per heavy atom. The van der Waals surface area contributed by atoms with Crippen molar-refractivity contribution in [2.24, 2.45) is 5.92 Å². The molecule has 1 saturated carbocycles. The Bertz CT molecular complexity index is 416. The van der Waals surface area contributed by atoms with Gasteiger partial charge >= 0.3 is 0 Å². The molecule has 1 aliphatic carbocycles. The van der Waals surface area contributed by atoms with Gasteiger partial charge in [0.05, 0.1) is 11.5 Å². The second kappa shape index (κ2) is 6.22. The minimum absolute atomic E-state index is 0.0569. The molecule has 1 amide bonds. The van der Waals surface area contributed by atoms with Crippen LogP contribution in [0, 0.1) is 5.92 Å². The van der Waals surface area contributed by atoms with E-state index >= 15 is 0 Å². The van der Waals surface area contributed by atoms with Crippen molar-refractivity contribution in [1.29, 1.82) is 0 Å². The van der Waals surface area contributed by atoms with E-state index in [1.54, 1.807) is 4.90 Å². The molecule has 6 heteroatoms. The van der Waals surface area contributed by atoms with Crippen LogP contribution in [0.25, 0.3) is 0 Å². The summed E-state index contributed by atoms with van der Waals surface area (Å²) < 4.78 is 23.1. The SMILES string of the molecule is CN(CC1CCCC1)C(=O)CC1CS(=O)(=O)CCN1. The lowest BCUT2D eigenvalue weighted by Gasteiger charge is -2.26. The maximum atomic E-state index is 12.1. The van der Waals surface area contributed by atoms with E-state index in [1.165, 1.54) is 25.7 Å². The zero-order valence-electron chi connectivity index (χ0n) is 11.6. The Labute approximate surface area is 115 Å². The molecule has 0 aromatic rings. The third kappa shape index (κ3) is 4.45. The highest BCUT2D eigenvalue weighted by Gasteiger charge is 2.27. The largest absolute Gasteiger partial charge is 0.345 e. The van der Waals surface area contributed by atoms with Crippen molar-refractivity contribution >= 4 is 15.7 Å². The van der Waals surface area contributed by atoms with Gasteiger partial charge in [-0.2, -0.15) is 0 Å². The van der Waals surface area contributed by atoms with Crippen LogP contribution in [0.2, 0.25) is 0 Å². The predicted molar refractivity (Wildman–Crippen MR) is 74.7 cm³/mol. The molecule has 0 spiro atoms. The van der Waals surface area contributed by atoms with E-state index in [0.29, 0.717) is 18.9 Å². The average molecular weight is 288 g/mol. The lowest BCUT2D eigenvalue weighted by atomic mass is 10.1. The van der Waals surface area contributed by atoms with Crippen molar-refractivity contribution in [2.75, 3.05) is 31.6 Å². The van der Waals surface area contributed by atoms with Crippen LogP contribution in [0.3, 0.4) is 0 Å². The summed E-state index contributed by atoms with van der Waals surface area (Å²) in [5, 5.41) is 3.13. The van der Waals surface area contributed by atoms with Gasteiger partial charge in [-0.25, -0.2) is 8.42 Å². The molecule has 110 valence electrons. The Hall–Kier alpha value is -0.620. The standard InChI is InChI=1S/C13H24N2O3S/c1-15(9-11-4-2-3-5-11)13(16)8-12-10-19(17,18)7-6-14-12/h11-12,14H,2-10H2,1H3. The van der Waals surface area contributed by atoms with Gasteiger partial charge in [-0.15, -0.1) is 0 Å². The van der Waals surface area contributed by atoms with Crippen molar-refractivity contribution in [1.82, 2.24) is 10.2 Å². The summed E-state index contributed by atoms with van der Waals surface area (Å²) in [6.45, 7) is 1.28. The first-order chi connectivity index (χ1) is 8.96. The molecule has 1 aliphatic heterocycles. The molecule has 0 aromatic carbocycles. The lowest BCUT2D eigenvalue weighted by molar-refractivity contribution is -0.130. The number of carbonyl (C=O) groups excluding carboxylic acids is 1. The second-order valence-electron chi connectivity index (χ2n) is 5.89. The molecule has 0 aromatic heterocycles. The zero-order valence-corrected chi connectivity index (χ0v) is 12.4. The minimum atomic E-state index is -2.96. The first kappa shape index (κ1) is 14.8. The predicted octanol–water partition coefficient (Wildman–Crippen LogP) is 0.412. The number of nitrogens with zero attached hydrogens (tertiary/aromatic N) is 1. The van der Waals surface area contributed by atoms with Gasteiger partial charge in [-0.3, -0.25) is 4.79 Å². The average Bonchev–Trinajstić information content (AvgIpc) is 2.80. The summed E-state index contributed by atoms with van der Waals surface area (Å²) in [5.74, 6) is 0.976. The van der Waals surface area contributed by atoms with Gasteiger partial charge in [0, 0.05) is 32.6 Å². The fraction of sp³-hybridized carbons (Fsp3) is 0.923. The van der Waals surface area contributed by atoms with Crippen LogP contribution in [-0.2, 0) is 14.6 Å². The highest BCUT2D eigenvalue weighted by Crippen LogP contribution is 2.25. The number of hydrogen-bond donors (Lipinski definition) is 1. The maximum Gasteiger partial charge on any atom is 0.223 e. The number of sulfone groups is 1. The summed E-state index contributed by atoms with van der Waals surface area (Å²) in [6.07, 6.45) is 5.27. The van der Waals surface area contributed by atoms with Gasteiger partial charge in [0.15, 0.2) is 9.84 Å². The number of carbonyl (C=O) groups is 1. The van der Waals surface area contributed by atoms with Gasteiger partial charge in [0.2, 0.25) is 5.91 Å². The summed E-state index contributed by atoms with van der Waals surface area (Å²) in [6, 6.07) is -0.211. The van der Waals surface area contributed by atoms with Crippen LogP contribution in [0.5, 0.6) is 0 Å². The molecule has 0 bridgehead atoms. The summed E-state index contributed by atoms with van der Waals surface area (Å²) in [5.41, 5.74) is 0. The van der Waals surface area contributed by atoms with Crippen LogP contribution in [-0.4, -0.2) is 56.9 Å². The molecule has 5 nitrogen and oxygen atoms in total. The summed E-state index contributed by atoms with van der Waals surface area (Å²) in [7, 11) is -1.13. The fourth-order valence-electron chi connectivity index (χ4n) is 3.05. The van der Waals surface area contributed by atoms with Crippen LogP contribution in [0.15, 0.2) is 0 Å². The Morgan fingerprint density at radius 1 is 1.32 bits per heavy atom. The van der Waals surface area contributed by atoms with Crippen molar-refractivity contribution in [3.63, 3.8) is 0 Å². The van der Waals surface area contributed by atoms with Crippen molar-refractivity contribution < 1.29 is 13.2 Å². The number of nitrogens with one attached hydrogen (secondary N) is 1. The van der Waals surface area contributed by atoms with E-state index in [4.69, 9.17) is 0 Å². The van der Waals surface area contributed by atoms with Crippen molar-refractivity contribution in [2.45, 2.75) is 38.1 Å². The van der Waals surface area contributed by atoms with Gasteiger partial charge in [-0.05, 0) is 18.8 Å². The smallest absolute Gasteiger partial charge is 0.223 e. The van der Waals surface area contributed by atoms with E-state index in [2.05, 4.69) is 5.32 Å². The van der Waals surface area contributed by atoms with E-state index < -0.39 is 9.84 Å². The number of amides is 1. The van der Waals surface area contributed by atoms with Crippen LogP contribution in [0.1, 0.15) is 32.1 Å². The monoisotopic (exact) mass is 288 g/mol. The number of hydrogen-bond acceptors (Lipinski definition) is 4. The third-order valence-corrected chi connectivity index (χ3v) is 5.89. The molecule has 2 rings (SSSR count). The second-order valence-corrected chi connectivity index (χ2v) is 8.12. The first-order valence-electron chi connectivity index (χ1n) is 7.14. The Morgan fingerprint density at radius 3 is 2.63 bits per heavy atom. The van der Waals surface area contributed by atoms with E-state index in [0.717, 1.165) is 6.54 Å². The lowest BCUT2D eigenvalue weighted by Crippen LogP contribution is -2.47. The van der Waals surface area contributed by atoms with Crippen LogP contribution < -0.4 is 5.32 Å². The van der Waals surface area contributed by atoms with Crippen LogP contribution >= 0.6 is 0 Å². The summed E-state index contributed by atoms with van der Waals surface area (Å²) >= 11 is 0. The van der Waals surface area contributed by atoms with Gasteiger partial charge in [-0.1, -0.05) is 12.8 Å². The number of rotatable bonds is 4. The maximum absolute atomic E-state index is 12.1. The molecule has 19 heavy (non-hydrogen) atoms. The normalized spacial score (nSPS) is 27.3. The zero-order chi connectivity index (χ0) is 13.9. The Kier molecular flexibility index (Phi) is 4.84. The van der Waals surface area contributed by atoms with Crippen LogP contribution in [0.4, 0.5) is 0 Å². The van der Waals surface area contributed by atoms with E-state index in [1.807, 2.05) is 7.05 Å². The van der Waals surface area contributed by atoms with Gasteiger partial charge in [0.25, 0.3) is 0 Å². The highest BCUT2D eigenvalue weighted by atomic mass is 32.2. The first-order valence-corrected chi connectivity index (χ1v) is 8.96. The molecule has 1 heterocycles. The highest BCUT2D eigenvalue weighted by molar-refractivity contribution is 7.91. The molecule has 0 radical (unpaired) electrons. The van der Waals surface area contributed by atoms with E-state index in [-0.39, 0.29) is 23.5 Å². The third-order valence-electron chi connectivity index (χ3n) is 4.15. The fourth-order valence-corrected chi connectivity index (χ4v) is 4.49. The molecule has 1 unspecified atom stereocenters. The molecule has 2 fully saturated rings.